The molecular weight excluding hydrogens is 517 g/mol. The van der Waals surface area contributed by atoms with Gasteiger partial charge in [-0.2, -0.15) is 0 Å². The number of piperazine rings is 1. The second-order valence-corrected chi connectivity index (χ2v) is 11.9. The van der Waals surface area contributed by atoms with E-state index in [0.29, 0.717) is 18.2 Å². The Morgan fingerprint density at radius 2 is 1.87 bits per heavy atom. The molecule has 2 saturated carbocycles. The van der Waals surface area contributed by atoms with Crippen molar-refractivity contribution in [3.8, 4) is 0 Å². The van der Waals surface area contributed by atoms with Gasteiger partial charge in [0.25, 0.3) is 0 Å². The molecule has 2 aromatic carbocycles. The molecular formula is C30H39ClFN5O2. The monoisotopic (exact) mass is 555 g/mol. The van der Waals surface area contributed by atoms with E-state index in [2.05, 4.69) is 39.6 Å². The lowest BCUT2D eigenvalue weighted by Gasteiger charge is -2.38. The number of halogens is 2. The molecule has 3 aliphatic rings. The summed E-state index contributed by atoms with van der Waals surface area (Å²) in [6, 6.07) is 12.5. The first-order valence-electron chi connectivity index (χ1n) is 14.1. The number of urea groups is 1. The molecule has 1 saturated heterocycles. The van der Waals surface area contributed by atoms with Crippen LogP contribution in [0.1, 0.15) is 44.6 Å². The average molecular weight is 556 g/mol. The summed E-state index contributed by atoms with van der Waals surface area (Å²) >= 11 is 5.97. The Kier molecular flexibility index (Phi) is 8.45. The van der Waals surface area contributed by atoms with E-state index >= 15 is 0 Å². The van der Waals surface area contributed by atoms with Gasteiger partial charge in [0, 0.05) is 57.1 Å². The maximum absolute atomic E-state index is 13.7. The number of hydrogen-bond acceptors (Lipinski definition) is 4. The third kappa shape index (κ3) is 6.56. The molecule has 2 aromatic rings. The number of carbonyl (C=O) groups excluding carboxylic acids is 2. The van der Waals surface area contributed by atoms with Crippen LogP contribution in [0, 0.1) is 11.7 Å². The van der Waals surface area contributed by atoms with Gasteiger partial charge in [0.05, 0.1) is 5.02 Å². The van der Waals surface area contributed by atoms with Crippen LogP contribution in [0.5, 0.6) is 0 Å². The highest BCUT2D eigenvalue weighted by molar-refractivity contribution is 6.31. The lowest BCUT2D eigenvalue weighted by atomic mass is 9.80. The first-order valence-corrected chi connectivity index (χ1v) is 14.4. The van der Waals surface area contributed by atoms with Crippen molar-refractivity contribution in [1.82, 2.24) is 14.7 Å². The minimum Gasteiger partial charge on any atom is -0.326 e. The number of amides is 3. The van der Waals surface area contributed by atoms with E-state index in [9.17, 15) is 14.0 Å². The van der Waals surface area contributed by atoms with Gasteiger partial charge in [-0.3, -0.25) is 4.79 Å². The zero-order valence-electron chi connectivity index (χ0n) is 22.9. The smallest absolute Gasteiger partial charge is 0.322 e. The topological polar surface area (TPSA) is 67.9 Å². The van der Waals surface area contributed by atoms with Crippen LogP contribution in [0.2, 0.25) is 5.02 Å². The Hall–Kier alpha value is -2.68. The predicted molar refractivity (Wildman–Crippen MR) is 154 cm³/mol. The minimum atomic E-state index is -0.501. The maximum atomic E-state index is 13.7. The summed E-state index contributed by atoms with van der Waals surface area (Å²) in [5.41, 5.74) is 2.76. The van der Waals surface area contributed by atoms with Gasteiger partial charge in [-0.05, 0) is 92.9 Å². The zero-order chi connectivity index (χ0) is 27.6. The van der Waals surface area contributed by atoms with Gasteiger partial charge < -0.3 is 25.3 Å². The quantitative estimate of drug-likeness (QED) is 0.456. The third-order valence-electron chi connectivity index (χ3n) is 8.81. The van der Waals surface area contributed by atoms with Crippen LogP contribution in [-0.4, -0.2) is 79.0 Å². The zero-order valence-corrected chi connectivity index (χ0v) is 23.6. The lowest BCUT2D eigenvalue weighted by molar-refractivity contribution is -0.114. The van der Waals surface area contributed by atoms with Crippen LogP contribution in [0.3, 0.4) is 0 Å². The molecule has 0 aromatic heterocycles. The van der Waals surface area contributed by atoms with Crippen molar-refractivity contribution in [2.45, 2.75) is 50.5 Å². The molecule has 1 heterocycles. The predicted octanol–water partition coefficient (Wildman–Crippen LogP) is 5.42. The first kappa shape index (κ1) is 27.9. The van der Waals surface area contributed by atoms with E-state index in [1.54, 1.807) is 6.07 Å². The molecule has 0 radical (unpaired) electrons. The molecule has 1 unspecified atom stereocenters. The second kappa shape index (κ2) is 11.8. The Balaban J connectivity index is 1.26. The summed E-state index contributed by atoms with van der Waals surface area (Å²) in [7, 11) is 2.15. The number of nitrogens with one attached hydrogen (secondary N) is 2. The standard InChI is InChI=1S/C30H39ClFN5O2/c1-21(38)33-24-6-3-5-22(17-24)30-10-9-26(18-23(30)20-30)37(12-4-11-36-15-13-35(2)14-16-36)29(39)34-25-7-8-28(32)27(31)19-25/h3,5-8,17,19,23,26H,4,9-16,18,20H2,1-2H3,(H,33,38)(H,34,39)/t23?,26-,30-/m1/s1. The fourth-order valence-electron chi connectivity index (χ4n) is 6.51. The van der Waals surface area contributed by atoms with Gasteiger partial charge in [-0.25, -0.2) is 9.18 Å². The number of rotatable bonds is 8. The summed E-state index contributed by atoms with van der Waals surface area (Å²) in [5.74, 6) is -0.0583. The molecule has 7 nitrogen and oxygen atoms in total. The van der Waals surface area contributed by atoms with Gasteiger partial charge in [0.15, 0.2) is 0 Å². The summed E-state index contributed by atoms with van der Waals surface area (Å²) in [5, 5.41) is 5.87. The molecule has 0 spiro atoms. The normalized spacial score (nSPS) is 25.0. The van der Waals surface area contributed by atoms with Gasteiger partial charge >= 0.3 is 6.03 Å². The highest BCUT2D eigenvalue weighted by Crippen LogP contribution is 2.63. The summed E-state index contributed by atoms with van der Waals surface area (Å²) < 4.78 is 13.7. The lowest BCUT2D eigenvalue weighted by Crippen LogP contribution is -2.48. The van der Waals surface area contributed by atoms with Crippen LogP contribution in [0.25, 0.3) is 0 Å². The number of nitrogens with zero attached hydrogens (tertiary/aromatic N) is 3. The fraction of sp³-hybridized carbons (Fsp3) is 0.533. The molecule has 2 N–H and O–H groups in total. The highest BCUT2D eigenvalue weighted by Gasteiger charge is 2.58. The van der Waals surface area contributed by atoms with Crippen LogP contribution in [0.4, 0.5) is 20.6 Å². The van der Waals surface area contributed by atoms with Crippen LogP contribution in [0.15, 0.2) is 42.5 Å². The number of fused-ring (bicyclic) bond motifs is 1. The van der Waals surface area contributed by atoms with Crippen molar-refractivity contribution < 1.29 is 14.0 Å². The molecule has 5 rings (SSSR count). The van der Waals surface area contributed by atoms with Gasteiger partial charge in [-0.15, -0.1) is 0 Å². The molecule has 39 heavy (non-hydrogen) atoms. The summed E-state index contributed by atoms with van der Waals surface area (Å²) in [4.78, 5) is 32.0. The number of benzene rings is 2. The van der Waals surface area contributed by atoms with E-state index in [0.717, 1.165) is 70.5 Å². The number of likely N-dealkylation sites (N-methyl/N-ethyl adjacent to an activating group) is 1. The van der Waals surface area contributed by atoms with Crippen LogP contribution in [-0.2, 0) is 10.2 Å². The Labute approximate surface area is 235 Å². The number of carbonyl (C=O) groups is 2. The van der Waals surface area contributed by atoms with Crippen LogP contribution >= 0.6 is 11.6 Å². The summed E-state index contributed by atoms with van der Waals surface area (Å²) in [6.07, 6.45) is 4.91. The van der Waals surface area contributed by atoms with Crippen molar-refractivity contribution in [2.75, 3.05) is 56.9 Å². The van der Waals surface area contributed by atoms with E-state index in [1.165, 1.54) is 24.6 Å². The molecule has 3 atom stereocenters. The largest absolute Gasteiger partial charge is 0.326 e. The molecule has 9 heteroatoms. The molecule has 1 aliphatic heterocycles. The summed E-state index contributed by atoms with van der Waals surface area (Å²) in [6.45, 7) is 7.44. The van der Waals surface area contributed by atoms with Crippen molar-refractivity contribution in [1.29, 1.82) is 0 Å². The molecule has 3 fully saturated rings. The van der Waals surface area contributed by atoms with Gasteiger partial charge in [0.2, 0.25) is 5.91 Å². The highest BCUT2D eigenvalue weighted by atomic mass is 35.5. The van der Waals surface area contributed by atoms with E-state index in [-0.39, 0.29) is 28.4 Å². The number of anilines is 2. The van der Waals surface area contributed by atoms with Crippen molar-refractivity contribution in [3.05, 3.63) is 58.9 Å². The van der Waals surface area contributed by atoms with Gasteiger partial charge in [0.1, 0.15) is 5.82 Å². The molecule has 2 aliphatic carbocycles. The molecule has 0 bridgehead atoms. The average Bonchev–Trinajstić information content (AvgIpc) is 3.65. The maximum Gasteiger partial charge on any atom is 0.322 e. The fourth-order valence-corrected chi connectivity index (χ4v) is 6.69. The Morgan fingerprint density at radius 1 is 1.10 bits per heavy atom. The van der Waals surface area contributed by atoms with E-state index in [4.69, 9.17) is 11.6 Å². The van der Waals surface area contributed by atoms with Crippen molar-refractivity contribution in [2.24, 2.45) is 5.92 Å². The van der Waals surface area contributed by atoms with Gasteiger partial charge in [-0.1, -0.05) is 23.7 Å². The van der Waals surface area contributed by atoms with E-state index in [1.807, 2.05) is 17.0 Å². The minimum absolute atomic E-state index is 0.00339. The molecule has 210 valence electrons. The SMILES string of the molecule is CC(=O)Nc1cccc([C@]23CC[C@@H](N(CCCN4CCN(C)CC4)C(=O)Nc4ccc(F)c(Cl)c4)CC2C3)c1. The number of hydrogen-bond donors (Lipinski definition) is 2. The first-order chi connectivity index (χ1) is 18.7. The van der Waals surface area contributed by atoms with Crippen molar-refractivity contribution >= 4 is 34.9 Å². The Morgan fingerprint density at radius 3 is 2.59 bits per heavy atom. The third-order valence-corrected chi connectivity index (χ3v) is 9.10. The molecule has 3 amide bonds. The van der Waals surface area contributed by atoms with E-state index < -0.39 is 5.82 Å². The second-order valence-electron chi connectivity index (χ2n) is 11.5. The van der Waals surface area contributed by atoms with Crippen molar-refractivity contribution in [3.63, 3.8) is 0 Å². The van der Waals surface area contributed by atoms with Crippen LogP contribution < -0.4 is 10.6 Å². The Bertz CT molecular complexity index is 1200.